The second-order valence-corrected chi connectivity index (χ2v) is 6.92. The number of carbonyl (C=O) groups is 1. The molecular weight excluding hydrogens is 320 g/mol. The molecule has 24 heavy (non-hydrogen) atoms. The molecule has 1 atom stereocenters. The lowest BCUT2D eigenvalue weighted by Gasteiger charge is -2.24. The number of anilines is 1. The number of carbonyl (C=O) groups excluding carboxylic acids is 1. The number of para-hydroxylation sites is 1. The van der Waals surface area contributed by atoms with E-state index in [0.717, 1.165) is 22.3 Å². The van der Waals surface area contributed by atoms with Crippen molar-refractivity contribution in [3.05, 3.63) is 65.9 Å². The molecule has 0 saturated carbocycles. The molecule has 0 radical (unpaired) electrons. The van der Waals surface area contributed by atoms with Crippen LogP contribution in [0.25, 0.3) is 10.9 Å². The van der Waals surface area contributed by atoms with E-state index in [2.05, 4.69) is 4.98 Å². The number of hydrogen-bond acceptors (Lipinski definition) is 4. The van der Waals surface area contributed by atoms with Crippen molar-refractivity contribution in [3.63, 3.8) is 0 Å². The first-order valence-electron chi connectivity index (χ1n) is 7.72. The molecule has 1 amide bonds. The number of thioether (sulfide) groups is 1. The summed E-state index contributed by atoms with van der Waals surface area (Å²) in [5, 5.41) is 10.8. The van der Waals surface area contributed by atoms with Gasteiger partial charge in [-0.3, -0.25) is 9.69 Å². The summed E-state index contributed by atoms with van der Waals surface area (Å²) in [7, 11) is 0. The van der Waals surface area contributed by atoms with Crippen molar-refractivity contribution in [1.29, 1.82) is 0 Å². The molecular formula is C19H16N2O2S. The molecule has 1 fully saturated rings. The average Bonchev–Trinajstić information content (AvgIpc) is 2.97. The molecule has 5 heteroatoms. The predicted molar refractivity (Wildman–Crippen MR) is 97.3 cm³/mol. The second-order valence-electron chi connectivity index (χ2n) is 5.85. The molecule has 120 valence electrons. The van der Waals surface area contributed by atoms with Crippen molar-refractivity contribution in [2.45, 2.75) is 12.3 Å². The fraction of sp³-hybridized carbons (Fsp3) is 0.158. The first kappa shape index (κ1) is 15.0. The van der Waals surface area contributed by atoms with Crippen LogP contribution in [0.4, 0.5) is 5.69 Å². The molecule has 4 nitrogen and oxygen atoms in total. The summed E-state index contributed by atoms with van der Waals surface area (Å²) in [5.41, 5.74) is 3.34. The van der Waals surface area contributed by atoms with E-state index in [9.17, 15) is 9.90 Å². The highest BCUT2D eigenvalue weighted by molar-refractivity contribution is 8.00. The Morgan fingerprint density at radius 3 is 2.83 bits per heavy atom. The molecule has 0 aliphatic carbocycles. The highest BCUT2D eigenvalue weighted by Crippen LogP contribution is 2.41. The maximum absolute atomic E-state index is 12.4. The van der Waals surface area contributed by atoms with Crippen molar-refractivity contribution in [3.8, 4) is 5.75 Å². The number of rotatable bonds is 2. The molecule has 3 aromatic rings. The van der Waals surface area contributed by atoms with E-state index in [0.29, 0.717) is 11.3 Å². The van der Waals surface area contributed by atoms with E-state index >= 15 is 0 Å². The van der Waals surface area contributed by atoms with Crippen LogP contribution in [0.15, 0.2) is 54.6 Å². The molecule has 0 bridgehead atoms. The third kappa shape index (κ3) is 2.51. The second kappa shape index (κ2) is 5.83. The highest BCUT2D eigenvalue weighted by atomic mass is 32.2. The van der Waals surface area contributed by atoms with E-state index in [1.807, 2.05) is 49.4 Å². The van der Waals surface area contributed by atoms with Crippen LogP contribution >= 0.6 is 11.8 Å². The van der Waals surface area contributed by atoms with Crippen LogP contribution < -0.4 is 4.90 Å². The van der Waals surface area contributed by atoms with Gasteiger partial charge in [-0.2, -0.15) is 0 Å². The Labute approximate surface area is 144 Å². The molecule has 4 rings (SSSR count). The van der Waals surface area contributed by atoms with Gasteiger partial charge < -0.3 is 5.11 Å². The van der Waals surface area contributed by atoms with Crippen molar-refractivity contribution in [2.75, 3.05) is 10.7 Å². The number of amides is 1. The fourth-order valence-corrected chi connectivity index (χ4v) is 4.11. The van der Waals surface area contributed by atoms with Gasteiger partial charge in [-0.25, -0.2) is 4.98 Å². The van der Waals surface area contributed by atoms with Crippen LogP contribution in [0.5, 0.6) is 5.75 Å². The average molecular weight is 336 g/mol. The van der Waals surface area contributed by atoms with E-state index in [1.165, 1.54) is 0 Å². The number of hydrogen-bond donors (Lipinski definition) is 1. The van der Waals surface area contributed by atoms with Crippen LogP contribution in [-0.4, -0.2) is 21.8 Å². The first-order valence-corrected chi connectivity index (χ1v) is 8.77. The van der Waals surface area contributed by atoms with Crippen LogP contribution in [-0.2, 0) is 4.79 Å². The fourth-order valence-electron chi connectivity index (χ4n) is 2.98. The lowest BCUT2D eigenvalue weighted by atomic mass is 10.1. The van der Waals surface area contributed by atoms with Crippen LogP contribution in [0.1, 0.15) is 16.6 Å². The summed E-state index contributed by atoms with van der Waals surface area (Å²) in [6, 6.07) is 17.1. The quantitative estimate of drug-likeness (QED) is 0.768. The smallest absolute Gasteiger partial charge is 0.238 e. The molecule has 2 aromatic carbocycles. The number of benzene rings is 2. The molecule has 1 aliphatic heterocycles. The third-order valence-corrected chi connectivity index (χ3v) is 5.30. The minimum absolute atomic E-state index is 0.0785. The Kier molecular flexibility index (Phi) is 3.65. The van der Waals surface area contributed by atoms with Gasteiger partial charge >= 0.3 is 0 Å². The van der Waals surface area contributed by atoms with Crippen LogP contribution in [0, 0.1) is 6.92 Å². The zero-order chi connectivity index (χ0) is 16.7. The number of aromatic hydroxyl groups is 1. The summed E-state index contributed by atoms with van der Waals surface area (Å²) < 4.78 is 0. The van der Waals surface area contributed by atoms with Gasteiger partial charge in [0.05, 0.1) is 11.4 Å². The summed E-state index contributed by atoms with van der Waals surface area (Å²) in [6.07, 6.45) is 0. The Morgan fingerprint density at radius 2 is 2.00 bits per heavy atom. The van der Waals surface area contributed by atoms with Crippen LogP contribution in [0.3, 0.4) is 0 Å². The maximum atomic E-state index is 12.4. The number of nitrogens with zero attached hydrogens (tertiary/aromatic N) is 2. The van der Waals surface area contributed by atoms with Gasteiger partial charge in [0.15, 0.2) is 0 Å². The largest absolute Gasteiger partial charge is 0.506 e. The highest BCUT2D eigenvalue weighted by Gasteiger charge is 2.35. The van der Waals surface area contributed by atoms with Gasteiger partial charge in [-0.1, -0.05) is 30.3 Å². The van der Waals surface area contributed by atoms with Crippen molar-refractivity contribution >= 4 is 34.3 Å². The topological polar surface area (TPSA) is 53.4 Å². The summed E-state index contributed by atoms with van der Waals surface area (Å²) in [4.78, 5) is 18.9. The lowest BCUT2D eigenvalue weighted by Crippen LogP contribution is -2.28. The number of aryl methyl sites for hydroxylation is 1. The summed E-state index contributed by atoms with van der Waals surface area (Å²) in [6.45, 7) is 2.01. The van der Waals surface area contributed by atoms with Crippen molar-refractivity contribution in [1.82, 2.24) is 4.98 Å². The lowest BCUT2D eigenvalue weighted by molar-refractivity contribution is -0.115. The van der Waals surface area contributed by atoms with Gasteiger partial charge in [-0.05, 0) is 36.8 Å². The Balaban J connectivity index is 1.80. The summed E-state index contributed by atoms with van der Waals surface area (Å²) in [5.74, 6) is 0.666. The zero-order valence-corrected chi connectivity index (χ0v) is 14.0. The Morgan fingerprint density at radius 1 is 1.17 bits per heavy atom. The third-order valence-electron chi connectivity index (χ3n) is 4.12. The van der Waals surface area contributed by atoms with Gasteiger partial charge in [0.2, 0.25) is 5.91 Å². The molecule has 1 N–H and O–H groups in total. The van der Waals surface area contributed by atoms with E-state index in [1.54, 1.807) is 28.8 Å². The molecule has 2 heterocycles. The number of pyridine rings is 1. The van der Waals surface area contributed by atoms with Gasteiger partial charge in [-0.15, -0.1) is 11.8 Å². The Hall–Kier alpha value is -2.53. The minimum Gasteiger partial charge on any atom is -0.506 e. The standard InChI is InChI=1S/C19H16N2O2S/c1-12-4-2-6-14(10-12)21-17(23)11-24-19(21)15-9-8-13-5-3-7-16(22)18(13)20-15/h2-10,19,22H,11H2,1H3. The normalized spacial score (nSPS) is 17.6. The maximum Gasteiger partial charge on any atom is 0.238 e. The van der Waals surface area contributed by atoms with Crippen molar-refractivity contribution < 1.29 is 9.90 Å². The van der Waals surface area contributed by atoms with E-state index in [-0.39, 0.29) is 17.0 Å². The van der Waals surface area contributed by atoms with E-state index < -0.39 is 0 Å². The van der Waals surface area contributed by atoms with Gasteiger partial charge in [0.1, 0.15) is 16.6 Å². The number of aromatic nitrogens is 1. The molecule has 1 aliphatic rings. The monoisotopic (exact) mass is 336 g/mol. The Bertz CT molecular complexity index is 942. The summed E-state index contributed by atoms with van der Waals surface area (Å²) >= 11 is 1.56. The minimum atomic E-state index is -0.177. The number of phenolic OH excluding ortho intramolecular Hbond substituents is 1. The van der Waals surface area contributed by atoms with E-state index in [4.69, 9.17) is 0 Å². The zero-order valence-electron chi connectivity index (χ0n) is 13.1. The van der Waals surface area contributed by atoms with Gasteiger partial charge in [0, 0.05) is 11.1 Å². The molecule has 1 aromatic heterocycles. The SMILES string of the molecule is Cc1cccc(N2C(=O)CSC2c2ccc3cccc(O)c3n2)c1. The predicted octanol–water partition coefficient (Wildman–Crippen LogP) is 4.03. The van der Waals surface area contributed by atoms with Crippen molar-refractivity contribution in [2.24, 2.45) is 0 Å². The molecule has 1 unspecified atom stereocenters. The van der Waals surface area contributed by atoms with Crippen LogP contribution in [0.2, 0.25) is 0 Å². The molecule has 1 saturated heterocycles. The first-order chi connectivity index (χ1) is 11.6. The van der Waals surface area contributed by atoms with Gasteiger partial charge in [0.25, 0.3) is 0 Å². The number of fused-ring (bicyclic) bond motifs is 1. The number of phenols is 1. The molecule has 0 spiro atoms.